The first-order valence-electron chi connectivity index (χ1n) is 8.73. The zero-order valence-electron chi connectivity index (χ0n) is 15.6. The van der Waals surface area contributed by atoms with Crippen LogP contribution < -0.4 is 0 Å². The van der Waals surface area contributed by atoms with Gasteiger partial charge in [0, 0.05) is 6.42 Å². The Balaban J connectivity index is 2.64. The lowest BCUT2D eigenvalue weighted by atomic mass is 9.92. The third-order valence-corrected chi connectivity index (χ3v) is 3.51. The molecule has 1 aliphatic carbocycles. The van der Waals surface area contributed by atoms with Gasteiger partial charge in [-0.2, -0.15) is 0 Å². The summed E-state index contributed by atoms with van der Waals surface area (Å²) in [5, 5.41) is 8.75. The molecule has 9 nitrogen and oxygen atoms in total. The van der Waals surface area contributed by atoms with Crippen LogP contribution in [-0.2, 0) is 23.7 Å². The second kappa shape index (κ2) is 10.7. The van der Waals surface area contributed by atoms with Gasteiger partial charge < -0.3 is 28.8 Å². The van der Waals surface area contributed by atoms with Crippen LogP contribution in [0.1, 0.15) is 47.0 Å². The third kappa shape index (κ3) is 8.77. The third-order valence-electron chi connectivity index (χ3n) is 3.51. The summed E-state index contributed by atoms with van der Waals surface area (Å²) in [6, 6.07) is 0. The highest BCUT2D eigenvalue weighted by molar-refractivity contribution is 5.61. The number of carbonyl (C=O) groups is 3. The average Bonchev–Trinajstić information content (AvgIpc) is 2.53. The van der Waals surface area contributed by atoms with Crippen LogP contribution in [0, 0.1) is 11.8 Å². The molecule has 0 aromatic rings. The zero-order valence-corrected chi connectivity index (χ0v) is 15.6. The Labute approximate surface area is 152 Å². The van der Waals surface area contributed by atoms with Crippen LogP contribution in [-0.4, -0.2) is 55.1 Å². The molecule has 3 atom stereocenters. The maximum Gasteiger partial charge on any atom is 0.508 e. The van der Waals surface area contributed by atoms with Crippen molar-refractivity contribution >= 4 is 18.5 Å². The fourth-order valence-corrected chi connectivity index (χ4v) is 2.36. The van der Waals surface area contributed by atoms with Gasteiger partial charge in [-0.3, -0.25) is 0 Å². The minimum atomic E-state index is -1.41. The smallest absolute Gasteiger partial charge is 0.450 e. The van der Waals surface area contributed by atoms with Crippen molar-refractivity contribution in [2.24, 2.45) is 11.8 Å². The van der Waals surface area contributed by atoms with Crippen molar-refractivity contribution in [3.8, 4) is 0 Å². The number of carbonyl (C=O) groups excluding carboxylic acids is 2. The number of carboxylic acid groups (broad SMARTS) is 1. The SMILES string of the molecule is CC(C)COC(=O)OC1CCC(OC(=O)O)CC1OC(=O)OCC(C)C. The maximum absolute atomic E-state index is 11.8. The molecule has 3 unspecified atom stereocenters. The van der Waals surface area contributed by atoms with Crippen LogP contribution in [0.4, 0.5) is 14.4 Å². The van der Waals surface area contributed by atoms with E-state index in [0.29, 0.717) is 6.42 Å². The number of rotatable bonds is 7. The molecule has 0 bridgehead atoms. The molecule has 0 amide bonds. The van der Waals surface area contributed by atoms with Crippen molar-refractivity contribution in [3.05, 3.63) is 0 Å². The molecule has 0 saturated heterocycles. The molecule has 1 saturated carbocycles. The maximum atomic E-state index is 11.8. The van der Waals surface area contributed by atoms with Crippen LogP contribution in [0.25, 0.3) is 0 Å². The molecule has 1 rings (SSSR count). The van der Waals surface area contributed by atoms with E-state index in [0.717, 1.165) is 0 Å². The van der Waals surface area contributed by atoms with Gasteiger partial charge in [0.1, 0.15) is 18.3 Å². The molecule has 1 fully saturated rings. The fourth-order valence-electron chi connectivity index (χ4n) is 2.36. The van der Waals surface area contributed by atoms with Crippen molar-refractivity contribution in [3.63, 3.8) is 0 Å². The Morgan fingerprint density at radius 2 is 1.35 bits per heavy atom. The summed E-state index contributed by atoms with van der Waals surface area (Å²) >= 11 is 0. The van der Waals surface area contributed by atoms with E-state index in [2.05, 4.69) is 0 Å². The normalized spacial score (nSPS) is 22.6. The van der Waals surface area contributed by atoms with Crippen LogP contribution in [0.3, 0.4) is 0 Å². The molecule has 9 heteroatoms. The van der Waals surface area contributed by atoms with Gasteiger partial charge in [-0.05, 0) is 24.7 Å². The van der Waals surface area contributed by atoms with E-state index in [4.69, 9.17) is 28.8 Å². The molecule has 1 N–H and O–H groups in total. The predicted octanol–water partition coefficient (Wildman–Crippen LogP) is 3.59. The van der Waals surface area contributed by atoms with E-state index in [1.165, 1.54) is 0 Å². The lowest BCUT2D eigenvalue weighted by molar-refractivity contribution is -0.0977. The predicted molar refractivity (Wildman–Crippen MR) is 88.9 cm³/mol. The molecule has 26 heavy (non-hydrogen) atoms. The minimum absolute atomic E-state index is 0.0746. The first-order chi connectivity index (χ1) is 12.2. The number of hydrogen-bond acceptors (Lipinski definition) is 8. The van der Waals surface area contributed by atoms with Gasteiger partial charge >= 0.3 is 18.5 Å². The van der Waals surface area contributed by atoms with Gasteiger partial charge in [0.2, 0.25) is 0 Å². The Kier molecular flexibility index (Phi) is 9.01. The first kappa shape index (κ1) is 21.9. The molecule has 0 aromatic heterocycles. The second-order valence-electron chi connectivity index (χ2n) is 7.04. The van der Waals surface area contributed by atoms with Crippen molar-refractivity contribution in [1.82, 2.24) is 0 Å². The summed E-state index contributed by atoms with van der Waals surface area (Å²) in [7, 11) is 0. The summed E-state index contributed by atoms with van der Waals surface area (Å²) in [5.74, 6) is 0.287. The molecular weight excluding hydrogens is 348 g/mol. The summed E-state index contributed by atoms with van der Waals surface area (Å²) in [5.41, 5.74) is 0. The fraction of sp³-hybridized carbons (Fsp3) is 0.824. The highest BCUT2D eigenvalue weighted by Crippen LogP contribution is 2.27. The lowest BCUT2D eigenvalue weighted by Crippen LogP contribution is -2.43. The second-order valence-corrected chi connectivity index (χ2v) is 7.04. The molecule has 0 aliphatic heterocycles. The Morgan fingerprint density at radius 3 is 1.81 bits per heavy atom. The highest BCUT2D eigenvalue weighted by Gasteiger charge is 2.38. The van der Waals surface area contributed by atoms with Crippen LogP contribution >= 0.6 is 0 Å². The van der Waals surface area contributed by atoms with Gasteiger partial charge in [-0.25, -0.2) is 14.4 Å². The van der Waals surface area contributed by atoms with Gasteiger partial charge in [0.15, 0.2) is 0 Å². The largest absolute Gasteiger partial charge is 0.508 e. The van der Waals surface area contributed by atoms with Gasteiger partial charge in [-0.1, -0.05) is 27.7 Å². The van der Waals surface area contributed by atoms with Crippen molar-refractivity contribution in [2.45, 2.75) is 65.3 Å². The van der Waals surface area contributed by atoms with Crippen molar-refractivity contribution in [2.75, 3.05) is 13.2 Å². The topological polar surface area (TPSA) is 118 Å². The average molecular weight is 376 g/mol. The van der Waals surface area contributed by atoms with Gasteiger partial charge in [0.25, 0.3) is 0 Å². The summed E-state index contributed by atoms with van der Waals surface area (Å²) in [4.78, 5) is 34.3. The summed E-state index contributed by atoms with van der Waals surface area (Å²) < 4.78 is 25.1. The lowest BCUT2D eigenvalue weighted by Gasteiger charge is -2.33. The summed E-state index contributed by atoms with van der Waals surface area (Å²) in [6.45, 7) is 7.92. The molecular formula is C17H28O9. The minimum Gasteiger partial charge on any atom is -0.450 e. The Morgan fingerprint density at radius 1 is 0.846 bits per heavy atom. The molecule has 150 valence electrons. The number of ether oxygens (including phenoxy) is 5. The number of hydrogen-bond donors (Lipinski definition) is 1. The van der Waals surface area contributed by atoms with Gasteiger partial charge in [0.05, 0.1) is 13.2 Å². The first-order valence-corrected chi connectivity index (χ1v) is 8.73. The summed E-state index contributed by atoms with van der Waals surface area (Å²) in [6.07, 6.45) is -4.76. The van der Waals surface area contributed by atoms with E-state index in [-0.39, 0.29) is 37.9 Å². The Hall–Kier alpha value is -2.19. The van der Waals surface area contributed by atoms with Gasteiger partial charge in [-0.15, -0.1) is 0 Å². The van der Waals surface area contributed by atoms with E-state index in [1.54, 1.807) is 0 Å². The molecule has 0 spiro atoms. The zero-order chi connectivity index (χ0) is 19.7. The standard InChI is InChI=1S/C17H28O9/c1-10(2)8-22-16(20)25-13-6-5-12(24-15(18)19)7-14(13)26-17(21)23-9-11(3)4/h10-14H,5-9H2,1-4H3,(H,18,19). The van der Waals surface area contributed by atoms with Crippen molar-refractivity contribution < 1.29 is 43.2 Å². The Bertz CT molecular complexity index is 475. The van der Waals surface area contributed by atoms with Crippen LogP contribution in [0.2, 0.25) is 0 Å². The quantitative estimate of drug-likeness (QED) is 0.525. The van der Waals surface area contributed by atoms with Crippen LogP contribution in [0.5, 0.6) is 0 Å². The van der Waals surface area contributed by atoms with E-state index in [1.807, 2.05) is 27.7 Å². The van der Waals surface area contributed by atoms with E-state index in [9.17, 15) is 14.4 Å². The highest BCUT2D eigenvalue weighted by atomic mass is 16.8. The molecule has 0 heterocycles. The van der Waals surface area contributed by atoms with E-state index < -0.39 is 36.8 Å². The monoisotopic (exact) mass is 376 g/mol. The molecule has 0 radical (unpaired) electrons. The molecule has 0 aromatic carbocycles. The van der Waals surface area contributed by atoms with Crippen LogP contribution in [0.15, 0.2) is 0 Å². The van der Waals surface area contributed by atoms with E-state index >= 15 is 0 Å². The molecule has 1 aliphatic rings. The van der Waals surface area contributed by atoms with Crippen molar-refractivity contribution in [1.29, 1.82) is 0 Å².